The van der Waals surface area contributed by atoms with Gasteiger partial charge in [0.05, 0.1) is 22.0 Å². The summed E-state index contributed by atoms with van der Waals surface area (Å²) in [7, 11) is 1.95. The number of thioether (sulfide) groups is 1. The van der Waals surface area contributed by atoms with Crippen molar-refractivity contribution in [3.8, 4) is 10.7 Å². The van der Waals surface area contributed by atoms with Gasteiger partial charge in [0.15, 0.2) is 11.0 Å². The Hall–Kier alpha value is -2.65. The molecular formula is C25H29N5O2S2. The lowest BCUT2D eigenvalue weighted by Gasteiger charge is -2.42. The molecule has 3 heterocycles. The van der Waals surface area contributed by atoms with E-state index in [1.807, 2.05) is 47.2 Å². The number of hydrogen-bond acceptors (Lipinski definition) is 6. The van der Waals surface area contributed by atoms with Crippen LogP contribution in [0.4, 0.5) is 11.4 Å². The molecule has 1 aliphatic heterocycles. The molecule has 9 heteroatoms. The highest BCUT2D eigenvalue weighted by Gasteiger charge is 2.43. The standard InChI is InChI=1S/C25H29N5O2S2/c1-5-15-10-11-19-16(12-15)13-20(34-19)22-27-28-24(29(22)4)33-14-21(31)30-18-9-7-6-8-17(18)26-23(32)25(30,2)3/h6-9,13,15H,5,10-12,14H2,1-4H3,(H,26,32)/t15-/m1/s1. The lowest BCUT2D eigenvalue weighted by atomic mass is 9.87. The Kier molecular flexibility index (Phi) is 6.02. The third-order valence-corrected chi connectivity index (χ3v) is 9.14. The lowest BCUT2D eigenvalue weighted by Crippen LogP contribution is -2.59. The summed E-state index contributed by atoms with van der Waals surface area (Å²) in [6.07, 6.45) is 4.78. The average Bonchev–Trinajstić information content (AvgIpc) is 3.40. The number of benzene rings is 1. The van der Waals surface area contributed by atoms with Crippen molar-refractivity contribution in [2.45, 2.75) is 57.1 Å². The number of hydrogen-bond donors (Lipinski definition) is 1. The molecule has 3 aromatic rings. The van der Waals surface area contributed by atoms with Crippen molar-refractivity contribution in [2.24, 2.45) is 13.0 Å². The van der Waals surface area contributed by atoms with Gasteiger partial charge in [-0.1, -0.05) is 37.2 Å². The van der Waals surface area contributed by atoms with Crippen LogP contribution in [-0.2, 0) is 29.5 Å². The molecule has 0 spiro atoms. The number of carbonyl (C=O) groups is 2. The summed E-state index contributed by atoms with van der Waals surface area (Å²) in [6, 6.07) is 9.67. The van der Waals surface area contributed by atoms with E-state index in [1.165, 1.54) is 35.0 Å². The van der Waals surface area contributed by atoms with Crippen molar-refractivity contribution >= 4 is 46.3 Å². The molecule has 1 N–H and O–H groups in total. The molecule has 2 aliphatic rings. The summed E-state index contributed by atoms with van der Waals surface area (Å²) >= 11 is 3.17. The molecule has 2 aromatic heterocycles. The molecule has 0 saturated carbocycles. The summed E-state index contributed by atoms with van der Waals surface area (Å²) in [5.41, 5.74) is 1.84. The summed E-state index contributed by atoms with van der Waals surface area (Å²) < 4.78 is 1.97. The molecule has 2 amide bonds. The zero-order valence-electron chi connectivity index (χ0n) is 19.9. The normalized spacial score (nSPS) is 18.9. The monoisotopic (exact) mass is 495 g/mol. The van der Waals surface area contributed by atoms with Gasteiger partial charge in [0.2, 0.25) is 11.8 Å². The number of amides is 2. The maximum atomic E-state index is 13.3. The number of para-hydroxylation sites is 2. The Morgan fingerprint density at radius 1 is 1.29 bits per heavy atom. The quantitative estimate of drug-likeness (QED) is 0.509. The van der Waals surface area contributed by atoms with Gasteiger partial charge in [0, 0.05) is 11.9 Å². The highest BCUT2D eigenvalue weighted by atomic mass is 32.2. The van der Waals surface area contributed by atoms with Crippen molar-refractivity contribution in [1.82, 2.24) is 14.8 Å². The van der Waals surface area contributed by atoms with E-state index in [0.29, 0.717) is 16.5 Å². The fourth-order valence-corrected chi connectivity index (χ4v) is 6.79. The van der Waals surface area contributed by atoms with Crippen LogP contribution >= 0.6 is 23.1 Å². The van der Waals surface area contributed by atoms with Gasteiger partial charge in [-0.25, -0.2) is 0 Å². The molecule has 1 aliphatic carbocycles. The Balaban J connectivity index is 1.34. The largest absolute Gasteiger partial charge is 0.322 e. The van der Waals surface area contributed by atoms with Crippen LogP contribution in [0.1, 0.15) is 44.1 Å². The molecule has 178 valence electrons. The molecule has 0 unspecified atom stereocenters. The first-order valence-electron chi connectivity index (χ1n) is 11.7. The first-order chi connectivity index (χ1) is 16.3. The molecule has 7 nitrogen and oxygen atoms in total. The second-order valence-corrected chi connectivity index (χ2v) is 11.6. The minimum Gasteiger partial charge on any atom is -0.322 e. The molecule has 5 rings (SSSR count). The number of aromatic nitrogens is 3. The van der Waals surface area contributed by atoms with Crippen LogP contribution in [0.15, 0.2) is 35.5 Å². The van der Waals surface area contributed by atoms with Crippen LogP contribution in [0.3, 0.4) is 0 Å². The second-order valence-electron chi connectivity index (χ2n) is 9.49. The summed E-state index contributed by atoms with van der Waals surface area (Å²) in [4.78, 5) is 30.2. The Bertz CT molecular complexity index is 1260. The van der Waals surface area contributed by atoms with E-state index in [1.54, 1.807) is 18.7 Å². The van der Waals surface area contributed by atoms with Gasteiger partial charge in [-0.15, -0.1) is 21.5 Å². The van der Waals surface area contributed by atoms with E-state index in [4.69, 9.17) is 0 Å². The number of nitrogens with zero attached hydrogens (tertiary/aromatic N) is 4. The van der Waals surface area contributed by atoms with Gasteiger partial charge < -0.3 is 9.88 Å². The van der Waals surface area contributed by atoms with Crippen LogP contribution < -0.4 is 10.2 Å². The number of rotatable bonds is 5. The van der Waals surface area contributed by atoms with E-state index in [2.05, 4.69) is 28.5 Å². The third kappa shape index (κ3) is 3.94. The zero-order valence-corrected chi connectivity index (χ0v) is 21.6. The summed E-state index contributed by atoms with van der Waals surface area (Å²) in [5.74, 6) is 1.44. The van der Waals surface area contributed by atoms with Crippen molar-refractivity contribution in [3.63, 3.8) is 0 Å². The summed E-state index contributed by atoms with van der Waals surface area (Å²) in [5, 5.41) is 12.4. The van der Waals surface area contributed by atoms with Crippen molar-refractivity contribution in [2.75, 3.05) is 16.0 Å². The van der Waals surface area contributed by atoms with Crippen molar-refractivity contribution in [3.05, 3.63) is 40.8 Å². The van der Waals surface area contributed by atoms with Gasteiger partial charge in [0.25, 0.3) is 0 Å². The van der Waals surface area contributed by atoms with Crippen LogP contribution in [0.2, 0.25) is 0 Å². The highest BCUT2D eigenvalue weighted by Crippen LogP contribution is 2.39. The van der Waals surface area contributed by atoms with Gasteiger partial charge in [0.1, 0.15) is 5.54 Å². The zero-order chi connectivity index (χ0) is 24.0. The van der Waals surface area contributed by atoms with Crippen LogP contribution in [0.25, 0.3) is 10.7 Å². The van der Waals surface area contributed by atoms with Gasteiger partial charge in [-0.2, -0.15) is 0 Å². The smallest absolute Gasteiger partial charge is 0.250 e. The number of anilines is 2. The molecule has 1 atom stereocenters. The minimum atomic E-state index is -0.983. The van der Waals surface area contributed by atoms with Crippen molar-refractivity contribution < 1.29 is 9.59 Å². The first kappa shape index (κ1) is 23.1. The minimum absolute atomic E-state index is 0.140. The average molecular weight is 496 g/mol. The second kappa shape index (κ2) is 8.85. The van der Waals surface area contributed by atoms with E-state index in [9.17, 15) is 9.59 Å². The van der Waals surface area contributed by atoms with Crippen LogP contribution in [-0.4, -0.2) is 37.9 Å². The topological polar surface area (TPSA) is 80.1 Å². The van der Waals surface area contributed by atoms with E-state index < -0.39 is 5.54 Å². The molecular weight excluding hydrogens is 466 g/mol. The maximum Gasteiger partial charge on any atom is 0.250 e. The van der Waals surface area contributed by atoms with E-state index >= 15 is 0 Å². The van der Waals surface area contributed by atoms with Gasteiger partial charge in [-0.3, -0.25) is 14.5 Å². The maximum absolute atomic E-state index is 13.3. The number of fused-ring (bicyclic) bond motifs is 2. The molecule has 0 bridgehead atoms. The predicted octanol–water partition coefficient (Wildman–Crippen LogP) is 4.91. The molecule has 0 radical (unpaired) electrons. The van der Waals surface area contributed by atoms with Gasteiger partial charge in [-0.05, 0) is 62.8 Å². The van der Waals surface area contributed by atoms with Crippen molar-refractivity contribution in [1.29, 1.82) is 0 Å². The van der Waals surface area contributed by atoms with Gasteiger partial charge >= 0.3 is 0 Å². The molecule has 0 fully saturated rings. The highest BCUT2D eigenvalue weighted by molar-refractivity contribution is 7.99. The Labute approximate surface area is 208 Å². The number of thiophene rings is 1. The van der Waals surface area contributed by atoms with E-state index in [-0.39, 0.29) is 17.6 Å². The fourth-order valence-electron chi connectivity index (χ4n) is 4.80. The fraction of sp³-hybridized carbons (Fsp3) is 0.440. The first-order valence-corrected chi connectivity index (χ1v) is 13.5. The molecule has 34 heavy (non-hydrogen) atoms. The SMILES string of the molecule is CC[C@@H]1CCc2sc(-c3nnc(SCC(=O)N4c5ccccc5NC(=O)C4(C)C)n3C)cc2C1. The van der Waals surface area contributed by atoms with Crippen LogP contribution in [0, 0.1) is 5.92 Å². The van der Waals surface area contributed by atoms with E-state index in [0.717, 1.165) is 29.5 Å². The van der Waals surface area contributed by atoms with Crippen LogP contribution in [0.5, 0.6) is 0 Å². The molecule has 0 saturated heterocycles. The number of aryl methyl sites for hydroxylation is 1. The lowest BCUT2D eigenvalue weighted by molar-refractivity contribution is -0.125. The number of carbonyl (C=O) groups excluding carboxylic acids is 2. The Morgan fingerprint density at radius 3 is 2.88 bits per heavy atom. The molecule has 1 aromatic carbocycles. The Morgan fingerprint density at radius 2 is 2.09 bits per heavy atom. The third-order valence-electron chi connectivity index (χ3n) is 6.90. The predicted molar refractivity (Wildman–Crippen MR) is 137 cm³/mol. The summed E-state index contributed by atoms with van der Waals surface area (Å²) in [6.45, 7) is 5.80. The number of nitrogens with one attached hydrogen (secondary N) is 1.